The smallest absolute Gasteiger partial charge is 0.330 e. The fourth-order valence-corrected chi connectivity index (χ4v) is 7.00. The van der Waals surface area contributed by atoms with E-state index in [0.717, 1.165) is 32.1 Å². The third-order valence-electron chi connectivity index (χ3n) is 6.76. The van der Waals surface area contributed by atoms with Crippen LogP contribution in [0.4, 0.5) is 0 Å². The summed E-state index contributed by atoms with van der Waals surface area (Å²) in [7, 11) is 1.44. The number of carboxylic acids is 1. The summed E-state index contributed by atoms with van der Waals surface area (Å²) in [5, 5.41) is 19.2. The molecule has 0 aromatic carbocycles. The average Bonchev–Trinajstić information content (AvgIpc) is 2.49. The van der Waals surface area contributed by atoms with Crippen LogP contribution in [0.2, 0.25) is 0 Å². The molecule has 4 fully saturated rings. The van der Waals surface area contributed by atoms with Crippen molar-refractivity contribution in [2.45, 2.75) is 58.3 Å². The number of ether oxygens (including phenoxy) is 1. The van der Waals surface area contributed by atoms with Crippen LogP contribution in [0.5, 0.6) is 0 Å². The highest BCUT2D eigenvalue weighted by molar-refractivity contribution is 5.85. The maximum atomic E-state index is 12.6. The number of carboxylic acid groups (broad SMARTS) is 1. The van der Waals surface area contributed by atoms with Crippen molar-refractivity contribution in [2.24, 2.45) is 21.7 Å². The molecule has 0 heterocycles. The second kappa shape index (κ2) is 5.32. The lowest BCUT2D eigenvalue weighted by Crippen LogP contribution is -2.63. The van der Waals surface area contributed by atoms with Crippen molar-refractivity contribution in [2.75, 3.05) is 13.7 Å². The average molecular weight is 336 g/mol. The first-order chi connectivity index (χ1) is 11.1. The Morgan fingerprint density at radius 2 is 1.71 bits per heavy atom. The van der Waals surface area contributed by atoms with Crippen molar-refractivity contribution in [3.8, 4) is 0 Å². The summed E-state index contributed by atoms with van der Waals surface area (Å²) in [6.45, 7) is 5.96. The van der Waals surface area contributed by atoms with Gasteiger partial charge in [0.25, 0.3) is 0 Å². The summed E-state index contributed by atoms with van der Waals surface area (Å²) < 4.78 is 5.15. The predicted octanol–water partition coefficient (Wildman–Crippen LogP) is 2.92. The number of carbonyl (C=O) groups is 2. The van der Waals surface area contributed by atoms with Crippen LogP contribution in [0, 0.1) is 21.7 Å². The first-order valence-electron chi connectivity index (χ1n) is 8.72. The molecular formula is C19H28O5. The second-order valence-corrected chi connectivity index (χ2v) is 9.21. The molecule has 5 nitrogen and oxygen atoms in total. The van der Waals surface area contributed by atoms with Crippen LogP contribution in [-0.4, -0.2) is 35.9 Å². The van der Waals surface area contributed by atoms with Crippen molar-refractivity contribution < 1.29 is 24.5 Å². The van der Waals surface area contributed by atoms with E-state index in [-0.39, 0.29) is 34.4 Å². The van der Waals surface area contributed by atoms with Gasteiger partial charge in [0, 0.05) is 12.2 Å². The molecule has 5 heteroatoms. The van der Waals surface area contributed by atoms with Crippen molar-refractivity contribution in [1.29, 1.82) is 0 Å². The first kappa shape index (κ1) is 17.5. The zero-order valence-corrected chi connectivity index (χ0v) is 14.7. The van der Waals surface area contributed by atoms with Crippen LogP contribution in [0.3, 0.4) is 0 Å². The summed E-state index contributed by atoms with van der Waals surface area (Å²) in [6, 6.07) is 0. The van der Waals surface area contributed by atoms with Crippen molar-refractivity contribution in [3.05, 3.63) is 12.2 Å². The van der Waals surface area contributed by atoms with Gasteiger partial charge in [-0.2, -0.15) is 0 Å². The van der Waals surface area contributed by atoms with Gasteiger partial charge in [-0.3, -0.25) is 4.79 Å². The summed E-state index contributed by atoms with van der Waals surface area (Å²) in [5.41, 5.74) is -0.621. The van der Waals surface area contributed by atoms with Crippen LogP contribution in [0.1, 0.15) is 58.3 Å². The molecule has 4 rings (SSSR count). The minimum atomic E-state index is -0.953. The molecule has 0 aliphatic heterocycles. The predicted molar refractivity (Wildman–Crippen MR) is 88.2 cm³/mol. The van der Waals surface area contributed by atoms with E-state index in [2.05, 4.69) is 13.5 Å². The SMILES string of the molecule is C=C(CCC12CC3(C)CC(CO)(C1)CC(C(=O)OC)(C3)C2)C(=O)O. The van der Waals surface area contributed by atoms with E-state index in [1.54, 1.807) is 0 Å². The molecule has 24 heavy (non-hydrogen) atoms. The number of carbonyl (C=O) groups excluding carboxylic acids is 1. The molecule has 134 valence electrons. The van der Waals surface area contributed by atoms with Crippen LogP contribution >= 0.6 is 0 Å². The van der Waals surface area contributed by atoms with Gasteiger partial charge in [0.05, 0.1) is 12.5 Å². The molecule has 0 saturated heterocycles. The standard InChI is InChI=1S/C19H28O5/c1-13(14(21)22)4-5-17-6-16(2)7-18(9-17,12-20)11-19(8-16,10-17)15(23)24-3/h20H,1,4-12H2,2-3H3,(H,21,22). The Kier molecular flexibility index (Phi) is 3.87. The van der Waals surface area contributed by atoms with Gasteiger partial charge in [-0.25, -0.2) is 4.79 Å². The van der Waals surface area contributed by atoms with Crippen LogP contribution in [0.15, 0.2) is 12.2 Å². The Hall–Kier alpha value is -1.36. The monoisotopic (exact) mass is 336 g/mol. The van der Waals surface area contributed by atoms with Gasteiger partial charge in [-0.1, -0.05) is 13.5 Å². The lowest BCUT2D eigenvalue weighted by molar-refractivity contribution is -0.221. The van der Waals surface area contributed by atoms with E-state index in [4.69, 9.17) is 9.84 Å². The van der Waals surface area contributed by atoms with E-state index in [0.29, 0.717) is 19.3 Å². The van der Waals surface area contributed by atoms with Gasteiger partial charge in [-0.05, 0) is 67.6 Å². The molecular weight excluding hydrogens is 308 g/mol. The highest BCUT2D eigenvalue weighted by atomic mass is 16.5. The number of aliphatic hydroxyl groups is 1. The van der Waals surface area contributed by atoms with E-state index in [1.807, 2.05) is 0 Å². The molecule has 0 aromatic rings. The summed E-state index contributed by atoms with van der Waals surface area (Å²) >= 11 is 0. The number of hydrogen-bond acceptors (Lipinski definition) is 4. The number of hydrogen-bond donors (Lipinski definition) is 2. The third kappa shape index (κ3) is 2.57. The van der Waals surface area contributed by atoms with Crippen molar-refractivity contribution in [1.82, 2.24) is 0 Å². The van der Waals surface area contributed by atoms with Crippen molar-refractivity contribution in [3.63, 3.8) is 0 Å². The van der Waals surface area contributed by atoms with Gasteiger partial charge in [0.1, 0.15) is 0 Å². The molecule has 4 unspecified atom stereocenters. The number of methoxy groups -OCH3 is 1. The van der Waals surface area contributed by atoms with E-state index in [1.165, 1.54) is 7.11 Å². The van der Waals surface area contributed by atoms with E-state index < -0.39 is 11.4 Å². The molecule has 4 atom stereocenters. The second-order valence-electron chi connectivity index (χ2n) is 9.21. The summed E-state index contributed by atoms with van der Waals surface area (Å²) in [5.74, 6) is -1.11. The highest BCUT2D eigenvalue weighted by Crippen LogP contribution is 2.74. The zero-order chi connectivity index (χ0) is 17.8. The van der Waals surface area contributed by atoms with Crippen LogP contribution in [-0.2, 0) is 14.3 Å². The quantitative estimate of drug-likeness (QED) is 0.575. The number of aliphatic carboxylic acids is 1. The Morgan fingerprint density at radius 3 is 2.29 bits per heavy atom. The lowest BCUT2D eigenvalue weighted by atomic mass is 9.35. The van der Waals surface area contributed by atoms with Gasteiger partial charge < -0.3 is 14.9 Å². The van der Waals surface area contributed by atoms with Crippen LogP contribution in [0.25, 0.3) is 0 Å². The molecule has 4 saturated carbocycles. The van der Waals surface area contributed by atoms with E-state index >= 15 is 0 Å². The highest BCUT2D eigenvalue weighted by Gasteiger charge is 2.68. The molecule has 0 aromatic heterocycles. The van der Waals surface area contributed by atoms with Gasteiger partial charge in [0.15, 0.2) is 0 Å². The minimum absolute atomic E-state index is 0.0101. The maximum absolute atomic E-state index is 12.6. The fraction of sp³-hybridized carbons (Fsp3) is 0.789. The van der Waals surface area contributed by atoms with Gasteiger partial charge >= 0.3 is 11.9 Å². The topological polar surface area (TPSA) is 83.8 Å². The Bertz CT molecular complexity index is 599. The molecule has 0 radical (unpaired) electrons. The number of rotatable bonds is 6. The summed E-state index contributed by atoms with van der Waals surface area (Å²) in [6.07, 6.45) is 6.22. The van der Waals surface area contributed by atoms with Gasteiger partial charge in [0.2, 0.25) is 0 Å². The Labute approximate surface area is 143 Å². The Morgan fingerprint density at radius 1 is 1.08 bits per heavy atom. The Balaban J connectivity index is 1.94. The first-order valence-corrected chi connectivity index (χ1v) is 8.72. The number of aliphatic hydroxyl groups excluding tert-OH is 1. The van der Waals surface area contributed by atoms with Crippen LogP contribution < -0.4 is 0 Å². The molecule has 4 bridgehead atoms. The normalized spacial score (nSPS) is 42.8. The molecule has 0 amide bonds. The molecule has 2 N–H and O–H groups in total. The largest absolute Gasteiger partial charge is 0.478 e. The van der Waals surface area contributed by atoms with E-state index in [9.17, 15) is 14.7 Å². The molecule has 0 spiro atoms. The molecule has 4 aliphatic carbocycles. The summed E-state index contributed by atoms with van der Waals surface area (Å²) in [4.78, 5) is 23.7. The number of esters is 1. The van der Waals surface area contributed by atoms with Crippen molar-refractivity contribution >= 4 is 11.9 Å². The van der Waals surface area contributed by atoms with Gasteiger partial charge in [-0.15, -0.1) is 0 Å². The fourth-order valence-electron chi connectivity index (χ4n) is 7.00. The minimum Gasteiger partial charge on any atom is -0.478 e. The zero-order valence-electron chi connectivity index (χ0n) is 14.7. The third-order valence-corrected chi connectivity index (χ3v) is 6.76. The molecule has 4 aliphatic rings. The maximum Gasteiger partial charge on any atom is 0.330 e. The lowest BCUT2D eigenvalue weighted by Gasteiger charge is -2.69.